The molecule has 0 atom stereocenters. The Morgan fingerprint density at radius 1 is 1.47 bits per heavy atom. The summed E-state index contributed by atoms with van der Waals surface area (Å²) in [6.07, 6.45) is 0. The molecule has 0 spiro atoms. The Balaban J connectivity index is 3.17. The molecule has 0 fully saturated rings. The molecule has 78 valence electrons. The molecule has 1 aromatic carbocycles. The smallest absolute Gasteiger partial charge is 0.372 e. The number of rotatable bonds is 0. The van der Waals surface area contributed by atoms with Gasteiger partial charge in [-0.25, -0.2) is 14.0 Å². The molecule has 1 aromatic heterocycles. The normalized spacial score (nSPS) is 10.9. The molecular weight excluding hydrogens is 225 g/mol. The van der Waals surface area contributed by atoms with Crippen LogP contribution >= 0.6 is 11.6 Å². The number of aromatic amines is 1. The molecule has 0 aliphatic heterocycles. The van der Waals surface area contributed by atoms with Gasteiger partial charge in [0, 0.05) is 5.56 Å². The zero-order valence-corrected chi connectivity index (χ0v) is 8.31. The van der Waals surface area contributed by atoms with Crippen LogP contribution in [0, 0.1) is 12.7 Å². The van der Waals surface area contributed by atoms with Crippen molar-refractivity contribution in [1.29, 1.82) is 0 Å². The predicted molar refractivity (Wildman–Crippen MR) is 52.8 cm³/mol. The van der Waals surface area contributed by atoms with Crippen molar-refractivity contribution >= 4 is 22.5 Å². The van der Waals surface area contributed by atoms with Crippen LogP contribution < -0.4 is 11.4 Å². The number of hydrogen-bond acceptors (Lipinski definition) is 3. The Hall–Kier alpha value is -1.62. The van der Waals surface area contributed by atoms with Gasteiger partial charge in [0.2, 0.25) is 0 Å². The van der Waals surface area contributed by atoms with Crippen molar-refractivity contribution in [1.82, 2.24) is 4.98 Å². The van der Waals surface area contributed by atoms with E-state index in [9.17, 15) is 14.0 Å². The molecule has 1 heterocycles. The highest BCUT2D eigenvalue weighted by atomic mass is 35.5. The molecule has 0 bridgehead atoms. The summed E-state index contributed by atoms with van der Waals surface area (Å²) >= 11 is 5.69. The van der Waals surface area contributed by atoms with E-state index in [1.807, 2.05) is 0 Å². The van der Waals surface area contributed by atoms with Crippen molar-refractivity contribution in [3.63, 3.8) is 0 Å². The van der Waals surface area contributed by atoms with E-state index in [-0.39, 0.29) is 21.5 Å². The molecule has 0 radical (unpaired) electrons. The van der Waals surface area contributed by atoms with Gasteiger partial charge in [-0.2, -0.15) is 0 Å². The van der Waals surface area contributed by atoms with E-state index in [1.54, 1.807) is 0 Å². The molecule has 0 aliphatic carbocycles. The standard InChI is InChI=1S/C9H5ClFNO3/c1-3-5(11)2-4(10)7-6(3)8(13)15-9(14)12-7/h2H,1H3,(H,12,14). The molecule has 0 amide bonds. The summed E-state index contributed by atoms with van der Waals surface area (Å²) in [7, 11) is 0. The Morgan fingerprint density at radius 3 is 2.80 bits per heavy atom. The van der Waals surface area contributed by atoms with Crippen LogP contribution in [0.2, 0.25) is 5.02 Å². The maximum Gasteiger partial charge on any atom is 0.419 e. The molecule has 15 heavy (non-hydrogen) atoms. The van der Waals surface area contributed by atoms with E-state index in [2.05, 4.69) is 9.40 Å². The van der Waals surface area contributed by atoms with Crippen LogP contribution in [0.3, 0.4) is 0 Å². The first-order valence-electron chi connectivity index (χ1n) is 4.02. The third-order valence-corrected chi connectivity index (χ3v) is 2.39. The summed E-state index contributed by atoms with van der Waals surface area (Å²) in [6.45, 7) is 1.41. The fourth-order valence-electron chi connectivity index (χ4n) is 1.36. The third-order valence-electron chi connectivity index (χ3n) is 2.09. The summed E-state index contributed by atoms with van der Waals surface area (Å²) in [5.41, 5.74) is -0.705. The van der Waals surface area contributed by atoms with Crippen LogP contribution in [0.1, 0.15) is 5.56 Å². The van der Waals surface area contributed by atoms with E-state index in [1.165, 1.54) is 6.92 Å². The average Bonchev–Trinajstić information content (AvgIpc) is 2.13. The summed E-state index contributed by atoms with van der Waals surface area (Å²) in [4.78, 5) is 24.4. The highest BCUT2D eigenvalue weighted by Crippen LogP contribution is 2.23. The van der Waals surface area contributed by atoms with E-state index in [0.717, 1.165) is 6.07 Å². The fourth-order valence-corrected chi connectivity index (χ4v) is 1.60. The molecule has 0 unspecified atom stereocenters. The van der Waals surface area contributed by atoms with Crippen LogP contribution in [-0.4, -0.2) is 4.98 Å². The van der Waals surface area contributed by atoms with Gasteiger partial charge in [-0.3, -0.25) is 4.98 Å². The van der Waals surface area contributed by atoms with Crippen molar-refractivity contribution in [2.45, 2.75) is 6.92 Å². The molecule has 2 rings (SSSR count). The Kier molecular flexibility index (Phi) is 2.12. The van der Waals surface area contributed by atoms with E-state index < -0.39 is 17.2 Å². The molecule has 0 saturated heterocycles. The van der Waals surface area contributed by atoms with Gasteiger partial charge in [-0.15, -0.1) is 0 Å². The second-order valence-corrected chi connectivity index (χ2v) is 3.42. The highest BCUT2D eigenvalue weighted by Gasteiger charge is 2.13. The SMILES string of the molecule is Cc1c(F)cc(Cl)c2[nH]c(=O)oc(=O)c12. The maximum absolute atomic E-state index is 13.2. The summed E-state index contributed by atoms with van der Waals surface area (Å²) in [5.74, 6) is -1.53. The molecule has 2 aromatic rings. The third kappa shape index (κ3) is 1.45. The Bertz CT molecular complexity index is 659. The van der Waals surface area contributed by atoms with Crippen molar-refractivity contribution in [2.24, 2.45) is 0 Å². The lowest BCUT2D eigenvalue weighted by atomic mass is 10.1. The van der Waals surface area contributed by atoms with Crippen molar-refractivity contribution in [3.05, 3.63) is 43.4 Å². The summed E-state index contributed by atoms with van der Waals surface area (Å²) in [6, 6.07) is 1.04. The molecule has 6 heteroatoms. The lowest BCUT2D eigenvalue weighted by Crippen LogP contribution is -2.16. The second kappa shape index (κ2) is 3.20. The minimum absolute atomic E-state index is 0.0295. The second-order valence-electron chi connectivity index (χ2n) is 3.02. The van der Waals surface area contributed by atoms with Gasteiger partial charge < -0.3 is 4.42 Å². The average molecular weight is 230 g/mol. The predicted octanol–water partition coefficient (Wildman–Crippen LogP) is 1.58. The Labute approximate surface area is 87.3 Å². The number of halogens is 2. The molecule has 1 N–H and O–H groups in total. The molecule has 0 saturated carbocycles. The van der Waals surface area contributed by atoms with Crippen molar-refractivity contribution in [2.75, 3.05) is 0 Å². The van der Waals surface area contributed by atoms with Gasteiger partial charge in [0.15, 0.2) is 0 Å². The van der Waals surface area contributed by atoms with E-state index in [4.69, 9.17) is 11.6 Å². The molecular formula is C9H5ClFNO3. The minimum atomic E-state index is -0.916. The summed E-state index contributed by atoms with van der Waals surface area (Å²) in [5, 5.41) is -0.0716. The van der Waals surface area contributed by atoms with Gasteiger partial charge in [0.25, 0.3) is 0 Å². The zero-order valence-electron chi connectivity index (χ0n) is 7.56. The maximum atomic E-state index is 13.2. The van der Waals surface area contributed by atoms with Crippen LogP contribution in [0.4, 0.5) is 4.39 Å². The first-order chi connectivity index (χ1) is 7.00. The van der Waals surface area contributed by atoms with Crippen LogP contribution in [0.25, 0.3) is 10.9 Å². The van der Waals surface area contributed by atoms with E-state index in [0.29, 0.717) is 0 Å². The number of benzene rings is 1. The number of H-pyrrole nitrogens is 1. The number of aryl methyl sites for hydroxylation is 1. The molecule has 4 nitrogen and oxygen atoms in total. The van der Waals surface area contributed by atoms with Crippen molar-refractivity contribution < 1.29 is 8.81 Å². The minimum Gasteiger partial charge on any atom is -0.372 e. The van der Waals surface area contributed by atoms with Crippen molar-refractivity contribution in [3.8, 4) is 0 Å². The molecule has 0 aliphatic rings. The van der Waals surface area contributed by atoms with Crippen LogP contribution in [0.5, 0.6) is 0 Å². The largest absolute Gasteiger partial charge is 0.419 e. The fraction of sp³-hybridized carbons (Fsp3) is 0.111. The van der Waals surface area contributed by atoms with Gasteiger partial charge in [-0.1, -0.05) is 11.6 Å². The Morgan fingerprint density at radius 2 is 2.13 bits per heavy atom. The number of hydrogen-bond donors (Lipinski definition) is 1. The van der Waals surface area contributed by atoms with Gasteiger partial charge >= 0.3 is 11.4 Å². The lowest BCUT2D eigenvalue weighted by molar-refractivity contribution is 0.459. The quantitative estimate of drug-likeness (QED) is 0.746. The monoisotopic (exact) mass is 229 g/mol. The lowest BCUT2D eigenvalue weighted by Gasteiger charge is -2.02. The first kappa shape index (κ1) is 9.92. The summed E-state index contributed by atoms with van der Waals surface area (Å²) < 4.78 is 17.5. The number of fused-ring (bicyclic) bond motifs is 1. The number of aromatic nitrogens is 1. The first-order valence-corrected chi connectivity index (χ1v) is 4.40. The highest BCUT2D eigenvalue weighted by molar-refractivity contribution is 6.35. The van der Waals surface area contributed by atoms with E-state index >= 15 is 0 Å². The topological polar surface area (TPSA) is 63.1 Å². The zero-order chi connectivity index (χ0) is 11.2. The van der Waals surface area contributed by atoms with Gasteiger partial charge in [0.05, 0.1) is 15.9 Å². The van der Waals surface area contributed by atoms with Gasteiger partial charge in [0.1, 0.15) is 5.82 Å². The van der Waals surface area contributed by atoms with Gasteiger partial charge in [-0.05, 0) is 13.0 Å². The van der Waals surface area contributed by atoms with Crippen LogP contribution in [-0.2, 0) is 0 Å². The van der Waals surface area contributed by atoms with Crippen LogP contribution in [0.15, 0.2) is 20.1 Å². The number of nitrogens with one attached hydrogen (secondary N) is 1.